The Balaban J connectivity index is 2.09. The van der Waals surface area contributed by atoms with Crippen molar-refractivity contribution in [2.75, 3.05) is 21.3 Å². The zero-order chi connectivity index (χ0) is 16.6. The molecule has 2 aromatic rings. The summed E-state index contributed by atoms with van der Waals surface area (Å²) in [7, 11) is 4.72. The molecule has 1 atom stereocenters. The second kappa shape index (κ2) is 6.13. The minimum atomic E-state index is -0.0410. The van der Waals surface area contributed by atoms with Crippen LogP contribution in [0.3, 0.4) is 0 Å². The lowest BCUT2D eigenvalue weighted by atomic mass is 9.92. The molecule has 2 aromatic carbocycles. The molecule has 0 saturated carbocycles. The van der Waals surface area contributed by atoms with Crippen LogP contribution in [0.5, 0.6) is 17.2 Å². The topological polar surface area (TPSA) is 44.8 Å². The van der Waals surface area contributed by atoms with Crippen LogP contribution in [0, 0.1) is 0 Å². The zero-order valence-corrected chi connectivity index (χ0v) is 13.9. The quantitative estimate of drug-likeness (QED) is 0.846. The fourth-order valence-electron chi connectivity index (χ4n) is 3.03. The van der Waals surface area contributed by atoms with Gasteiger partial charge in [-0.2, -0.15) is 0 Å². The first-order chi connectivity index (χ1) is 11.1. The Morgan fingerprint density at radius 3 is 2.22 bits per heavy atom. The molecule has 0 amide bonds. The van der Waals surface area contributed by atoms with Crippen molar-refractivity contribution in [1.82, 2.24) is 0 Å². The van der Waals surface area contributed by atoms with Gasteiger partial charge in [-0.05, 0) is 35.4 Å². The van der Waals surface area contributed by atoms with Gasteiger partial charge in [-0.1, -0.05) is 17.7 Å². The van der Waals surface area contributed by atoms with Gasteiger partial charge < -0.3 is 14.2 Å². The van der Waals surface area contributed by atoms with E-state index in [-0.39, 0.29) is 11.7 Å². The number of hydrogen-bond donors (Lipinski definition) is 0. The summed E-state index contributed by atoms with van der Waals surface area (Å²) in [6.45, 7) is 0. The first-order valence-corrected chi connectivity index (χ1v) is 7.59. The fourth-order valence-corrected chi connectivity index (χ4v) is 3.29. The highest BCUT2D eigenvalue weighted by molar-refractivity contribution is 6.32. The smallest absolute Gasteiger partial charge is 0.164 e. The number of Topliss-reactive ketones (excluding diaryl/α,β-unsaturated/α-hetero) is 1. The van der Waals surface area contributed by atoms with Crippen LogP contribution >= 0.6 is 11.6 Å². The molecule has 1 aliphatic carbocycles. The molecule has 23 heavy (non-hydrogen) atoms. The summed E-state index contributed by atoms with van der Waals surface area (Å²) in [5.74, 6) is 1.85. The van der Waals surface area contributed by atoms with Crippen LogP contribution in [0.15, 0.2) is 30.3 Å². The maximum atomic E-state index is 12.4. The van der Waals surface area contributed by atoms with E-state index in [1.54, 1.807) is 27.4 Å². The molecule has 0 bridgehead atoms. The lowest BCUT2D eigenvalue weighted by Gasteiger charge is -2.15. The largest absolute Gasteiger partial charge is 0.495 e. The van der Waals surface area contributed by atoms with Crippen LogP contribution < -0.4 is 14.2 Å². The van der Waals surface area contributed by atoms with Crippen molar-refractivity contribution in [3.63, 3.8) is 0 Å². The number of carbonyl (C=O) groups excluding carboxylic acids is 1. The van der Waals surface area contributed by atoms with Gasteiger partial charge in [0.25, 0.3) is 0 Å². The lowest BCUT2D eigenvalue weighted by molar-refractivity contribution is 0.0991. The molecule has 4 nitrogen and oxygen atoms in total. The summed E-state index contributed by atoms with van der Waals surface area (Å²) in [5.41, 5.74) is 2.60. The van der Waals surface area contributed by atoms with E-state index in [0.717, 1.165) is 11.1 Å². The van der Waals surface area contributed by atoms with E-state index >= 15 is 0 Å². The zero-order valence-electron chi connectivity index (χ0n) is 13.2. The molecule has 0 N–H and O–H groups in total. The van der Waals surface area contributed by atoms with Crippen molar-refractivity contribution >= 4 is 17.4 Å². The molecule has 0 radical (unpaired) electrons. The number of halogens is 1. The number of ether oxygens (including phenoxy) is 3. The van der Waals surface area contributed by atoms with Crippen LogP contribution in [-0.2, 0) is 0 Å². The molecule has 5 heteroatoms. The van der Waals surface area contributed by atoms with E-state index < -0.39 is 0 Å². The van der Waals surface area contributed by atoms with Gasteiger partial charge in [0, 0.05) is 17.9 Å². The highest BCUT2D eigenvalue weighted by Gasteiger charge is 2.32. The number of rotatable bonds is 4. The number of benzene rings is 2. The van der Waals surface area contributed by atoms with Crippen LogP contribution in [0.4, 0.5) is 0 Å². The third-order valence-corrected chi connectivity index (χ3v) is 4.49. The third-order valence-electron chi connectivity index (χ3n) is 4.20. The monoisotopic (exact) mass is 332 g/mol. The molecule has 0 spiro atoms. The Labute approximate surface area is 139 Å². The highest BCUT2D eigenvalue weighted by Crippen LogP contribution is 2.44. The predicted octanol–water partition coefficient (Wildman–Crippen LogP) is 4.08. The fraction of sp³-hybridized carbons (Fsp3) is 0.278. The minimum absolute atomic E-state index is 0.0410. The summed E-state index contributed by atoms with van der Waals surface area (Å²) in [5, 5.41) is 0.534. The summed E-state index contributed by atoms with van der Waals surface area (Å²) >= 11 is 6.22. The van der Waals surface area contributed by atoms with Crippen molar-refractivity contribution in [1.29, 1.82) is 0 Å². The van der Waals surface area contributed by atoms with Crippen molar-refractivity contribution in [3.05, 3.63) is 52.0 Å². The van der Waals surface area contributed by atoms with Crippen LogP contribution in [0.25, 0.3) is 0 Å². The second-order valence-electron chi connectivity index (χ2n) is 5.37. The Kier molecular flexibility index (Phi) is 4.18. The van der Waals surface area contributed by atoms with Crippen LogP contribution in [-0.4, -0.2) is 27.1 Å². The summed E-state index contributed by atoms with van der Waals surface area (Å²) in [6, 6.07) is 9.24. The van der Waals surface area contributed by atoms with Crippen molar-refractivity contribution in [2.24, 2.45) is 0 Å². The van der Waals surface area contributed by atoms with Gasteiger partial charge >= 0.3 is 0 Å². The summed E-state index contributed by atoms with van der Waals surface area (Å²) in [4.78, 5) is 12.4. The van der Waals surface area contributed by atoms with Crippen molar-refractivity contribution < 1.29 is 19.0 Å². The molecule has 0 saturated heterocycles. The van der Waals surface area contributed by atoms with Crippen molar-refractivity contribution in [2.45, 2.75) is 12.3 Å². The maximum Gasteiger partial charge on any atom is 0.164 e. The van der Waals surface area contributed by atoms with E-state index in [4.69, 9.17) is 25.8 Å². The van der Waals surface area contributed by atoms with Crippen molar-refractivity contribution in [3.8, 4) is 17.2 Å². The van der Waals surface area contributed by atoms with Crippen LogP contribution in [0.2, 0.25) is 5.02 Å². The summed E-state index contributed by atoms with van der Waals surface area (Å²) < 4.78 is 15.8. The molecular formula is C18H17ClO4. The van der Waals surface area contributed by atoms with Gasteiger partial charge in [0.2, 0.25) is 0 Å². The first-order valence-electron chi connectivity index (χ1n) is 7.21. The SMILES string of the molecule is COc1ccc(C2CC(=O)c3cc(OC)c(OC)cc32)cc1Cl. The second-order valence-corrected chi connectivity index (χ2v) is 5.78. The number of carbonyl (C=O) groups is 1. The lowest BCUT2D eigenvalue weighted by Crippen LogP contribution is -1.99. The predicted molar refractivity (Wildman–Crippen MR) is 88.3 cm³/mol. The average molecular weight is 333 g/mol. The Bertz CT molecular complexity index is 770. The first kappa shape index (κ1) is 15.7. The standard InChI is InChI=1S/C18H17ClO4/c1-21-16-5-4-10(6-14(16)19)11-7-15(20)13-9-18(23-3)17(22-2)8-12(11)13/h4-6,8-9,11H,7H2,1-3H3. The Morgan fingerprint density at radius 2 is 1.61 bits per heavy atom. The van der Waals surface area contributed by atoms with E-state index in [9.17, 15) is 4.79 Å². The van der Waals surface area contributed by atoms with E-state index in [2.05, 4.69) is 0 Å². The van der Waals surface area contributed by atoms with E-state index in [1.807, 2.05) is 24.3 Å². The Hall–Kier alpha value is -2.20. The molecule has 120 valence electrons. The molecule has 0 aromatic heterocycles. The average Bonchev–Trinajstić information content (AvgIpc) is 2.89. The molecule has 0 aliphatic heterocycles. The molecular weight excluding hydrogens is 316 g/mol. The van der Waals surface area contributed by atoms with Gasteiger partial charge in [-0.3, -0.25) is 4.79 Å². The van der Waals surface area contributed by atoms with Crippen LogP contribution in [0.1, 0.15) is 33.8 Å². The molecule has 1 aliphatic rings. The number of fused-ring (bicyclic) bond motifs is 1. The number of methoxy groups -OCH3 is 3. The van der Waals surface area contributed by atoms with E-state index in [1.165, 1.54) is 0 Å². The van der Waals surface area contributed by atoms with Gasteiger partial charge in [0.1, 0.15) is 5.75 Å². The highest BCUT2D eigenvalue weighted by atomic mass is 35.5. The Morgan fingerprint density at radius 1 is 0.957 bits per heavy atom. The molecule has 1 unspecified atom stereocenters. The molecule has 3 rings (SSSR count). The number of hydrogen-bond acceptors (Lipinski definition) is 4. The minimum Gasteiger partial charge on any atom is -0.495 e. The maximum absolute atomic E-state index is 12.4. The van der Waals surface area contributed by atoms with Gasteiger partial charge in [0.15, 0.2) is 17.3 Å². The normalized spacial score (nSPS) is 16.2. The third kappa shape index (κ3) is 2.63. The summed E-state index contributed by atoms with van der Waals surface area (Å²) in [6.07, 6.45) is 0.411. The molecule has 0 heterocycles. The van der Waals surface area contributed by atoms with Gasteiger partial charge in [-0.25, -0.2) is 0 Å². The van der Waals surface area contributed by atoms with E-state index in [0.29, 0.717) is 34.3 Å². The molecule has 0 fully saturated rings. The number of ketones is 1. The van der Waals surface area contributed by atoms with Gasteiger partial charge in [-0.15, -0.1) is 0 Å². The van der Waals surface area contributed by atoms with Gasteiger partial charge in [0.05, 0.1) is 26.4 Å².